The molecule has 1 aliphatic heterocycles. The molecular formula is C19H20N4O. The Hall–Kier alpha value is -2.69. The molecule has 0 bridgehead atoms. The van der Waals surface area contributed by atoms with Crippen LogP contribution in [0, 0.1) is 5.92 Å². The Balaban J connectivity index is 1.81. The topological polar surface area (TPSA) is 70.7 Å². The van der Waals surface area contributed by atoms with Crippen molar-refractivity contribution < 1.29 is 4.79 Å². The number of fused-ring (bicyclic) bond motifs is 2. The molecule has 1 amide bonds. The minimum Gasteiger partial charge on any atom is -0.338 e. The van der Waals surface area contributed by atoms with Gasteiger partial charge in [0.25, 0.3) is 0 Å². The van der Waals surface area contributed by atoms with E-state index in [0.717, 1.165) is 46.5 Å². The lowest BCUT2D eigenvalue weighted by atomic mass is 9.83. The van der Waals surface area contributed by atoms with Crippen molar-refractivity contribution in [3.63, 3.8) is 0 Å². The van der Waals surface area contributed by atoms with Gasteiger partial charge in [-0.1, -0.05) is 26.7 Å². The third kappa shape index (κ3) is 2.28. The largest absolute Gasteiger partial charge is 0.338 e. The Bertz CT molecular complexity index is 896. The van der Waals surface area contributed by atoms with Crippen molar-refractivity contribution in [3.05, 3.63) is 42.2 Å². The highest BCUT2D eigenvalue weighted by molar-refractivity contribution is 6.05. The van der Waals surface area contributed by atoms with E-state index in [1.807, 2.05) is 18.2 Å². The number of imidazole rings is 1. The molecule has 0 saturated carbocycles. The highest BCUT2D eigenvalue weighted by atomic mass is 16.2. The molecule has 0 radical (unpaired) electrons. The highest BCUT2D eigenvalue weighted by Crippen LogP contribution is 2.41. The van der Waals surface area contributed by atoms with E-state index >= 15 is 0 Å². The van der Waals surface area contributed by atoms with Crippen molar-refractivity contribution in [1.82, 2.24) is 15.0 Å². The average molecular weight is 320 g/mol. The number of carbonyl (C=O) groups is 1. The lowest BCUT2D eigenvalue weighted by molar-refractivity contribution is -0.118. The molecule has 2 aromatic heterocycles. The summed E-state index contributed by atoms with van der Waals surface area (Å²) in [6.45, 7) is 4.29. The Morgan fingerprint density at radius 1 is 1.17 bits per heavy atom. The first-order valence-electron chi connectivity index (χ1n) is 8.46. The maximum absolute atomic E-state index is 12.4. The van der Waals surface area contributed by atoms with Crippen LogP contribution >= 0.6 is 0 Å². The highest BCUT2D eigenvalue weighted by Gasteiger charge is 2.35. The Morgan fingerprint density at radius 3 is 2.62 bits per heavy atom. The summed E-state index contributed by atoms with van der Waals surface area (Å²) in [5.74, 6) is 1.23. The van der Waals surface area contributed by atoms with Crippen LogP contribution in [0.4, 0.5) is 5.69 Å². The van der Waals surface area contributed by atoms with Crippen LogP contribution in [-0.4, -0.2) is 20.9 Å². The predicted molar refractivity (Wildman–Crippen MR) is 94.8 cm³/mol. The average Bonchev–Trinajstić information content (AvgIpc) is 3.15. The summed E-state index contributed by atoms with van der Waals surface area (Å²) in [5.41, 5.74) is 4.82. The van der Waals surface area contributed by atoms with Crippen molar-refractivity contribution in [3.8, 4) is 11.4 Å². The van der Waals surface area contributed by atoms with E-state index in [2.05, 4.69) is 35.2 Å². The minimum atomic E-state index is -0.0690. The Kier molecular flexibility index (Phi) is 3.56. The molecule has 1 aromatic carbocycles. The van der Waals surface area contributed by atoms with Crippen molar-refractivity contribution in [2.75, 3.05) is 5.32 Å². The number of hydrogen-bond acceptors (Lipinski definition) is 3. The molecule has 5 nitrogen and oxygen atoms in total. The number of hydrogen-bond donors (Lipinski definition) is 2. The number of aromatic amines is 1. The van der Waals surface area contributed by atoms with Gasteiger partial charge in [-0.15, -0.1) is 0 Å². The lowest BCUT2D eigenvalue weighted by Gasteiger charge is -2.18. The van der Waals surface area contributed by atoms with E-state index in [1.54, 1.807) is 12.4 Å². The van der Waals surface area contributed by atoms with Crippen LogP contribution in [0.5, 0.6) is 0 Å². The maximum Gasteiger partial charge on any atom is 0.232 e. The van der Waals surface area contributed by atoms with Gasteiger partial charge in [-0.05, 0) is 35.7 Å². The predicted octanol–water partition coefficient (Wildman–Crippen LogP) is 4.10. The monoisotopic (exact) mass is 320 g/mol. The molecule has 0 aliphatic carbocycles. The number of amides is 1. The van der Waals surface area contributed by atoms with E-state index in [9.17, 15) is 4.79 Å². The van der Waals surface area contributed by atoms with Gasteiger partial charge in [-0.25, -0.2) is 4.98 Å². The van der Waals surface area contributed by atoms with Crippen LogP contribution in [0.25, 0.3) is 22.4 Å². The fourth-order valence-electron chi connectivity index (χ4n) is 3.66. The summed E-state index contributed by atoms with van der Waals surface area (Å²) in [5, 5.41) is 3.04. The van der Waals surface area contributed by atoms with Gasteiger partial charge in [-0.2, -0.15) is 0 Å². The van der Waals surface area contributed by atoms with E-state index in [4.69, 9.17) is 4.98 Å². The summed E-state index contributed by atoms with van der Waals surface area (Å²) in [6.07, 6.45) is 5.50. The van der Waals surface area contributed by atoms with E-state index in [-0.39, 0.29) is 11.8 Å². The van der Waals surface area contributed by atoms with Crippen molar-refractivity contribution in [2.24, 2.45) is 5.92 Å². The molecule has 2 N–H and O–H groups in total. The zero-order valence-corrected chi connectivity index (χ0v) is 13.8. The Morgan fingerprint density at radius 2 is 1.92 bits per heavy atom. The summed E-state index contributed by atoms with van der Waals surface area (Å²) < 4.78 is 0. The van der Waals surface area contributed by atoms with Gasteiger partial charge in [0.15, 0.2) is 0 Å². The first-order valence-corrected chi connectivity index (χ1v) is 8.46. The summed E-state index contributed by atoms with van der Waals surface area (Å²) >= 11 is 0. The van der Waals surface area contributed by atoms with E-state index in [1.165, 1.54) is 0 Å². The van der Waals surface area contributed by atoms with Crippen LogP contribution in [0.2, 0.25) is 0 Å². The Labute approximate surface area is 140 Å². The smallest absolute Gasteiger partial charge is 0.232 e. The number of benzene rings is 1. The standard InChI is InChI=1S/C19H20N4O/c1-3-11(4-2)17-13-9-15-16(10-14(13)23-19(17)24)22-18(21-15)12-5-7-20-8-6-12/h5-11,17H,3-4H2,1-2H3,(H,21,22)(H,23,24). The first-order chi connectivity index (χ1) is 11.7. The number of aromatic nitrogens is 3. The van der Waals surface area contributed by atoms with Crippen LogP contribution in [0.1, 0.15) is 38.2 Å². The number of rotatable bonds is 4. The maximum atomic E-state index is 12.4. The molecule has 1 unspecified atom stereocenters. The zero-order chi connectivity index (χ0) is 16.7. The molecule has 0 spiro atoms. The fourth-order valence-corrected chi connectivity index (χ4v) is 3.66. The van der Waals surface area contributed by atoms with Crippen LogP contribution in [0.15, 0.2) is 36.7 Å². The van der Waals surface area contributed by atoms with Crippen molar-refractivity contribution in [2.45, 2.75) is 32.6 Å². The molecule has 3 heterocycles. The zero-order valence-electron chi connectivity index (χ0n) is 13.8. The van der Waals surface area contributed by atoms with Gasteiger partial charge < -0.3 is 10.3 Å². The van der Waals surface area contributed by atoms with Gasteiger partial charge in [0.05, 0.1) is 17.0 Å². The summed E-state index contributed by atoms with van der Waals surface area (Å²) in [6, 6.07) is 7.93. The molecule has 1 aliphatic rings. The molecule has 0 fully saturated rings. The first kappa shape index (κ1) is 14.9. The third-order valence-corrected chi connectivity index (χ3v) is 5.00. The van der Waals surface area contributed by atoms with Gasteiger partial charge >= 0.3 is 0 Å². The number of anilines is 1. The summed E-state index contributed by atoms with van der Waals surface area (Å²) in [4.78, 5) is 24.5. The number of nitrogens with zero attached hydrogens (tertiary/aromatic N) is 2. The third-order valence-electron chi connectivity index (χ3n) is 5.00. The second kappa shape index (κ2) is 5.74. The van der Waals surface area contributed by atoms with Crippen molar-refractivity contribution in [1.29, 1.82) is 0 Å². The molecule has 5 heteroatoms. The number of carbonyl (C=O) groups excluding carboxylic acids is 1. The van der Waals surface area contributed by atoms with Crippen LogP contribution in [-0.2, 0) is 4.79 Å². The van der Waals surface area contributed by atoms with Gasteiger partial charge in [-0.3, -0.25) is 9.78 Å². The van der Waals surface area contributed by atoms with E-state index in [0.29, 0.717) is 5.92 Å². The fraction of sp³-hybridized carbons (Fsp3) is 0.316. The van der Waals surface area contributed by atoms with Gasteiger partial charge in [0, 0.05) is 23.6 Å². The second-order valence-corrected chi connectivity index (χ2v) is 6.32. The lowest BCUT2D eigenvalue weighted by Crippen LogP contribution is -2.20. The van der Waals surface area contributed by atoms with E-state index < -0.39 is 0 Å². The molecular weight excluding hydrogens is 300 g/mol. The summed E-state index contributed by atoms with van der Waals surface area (Å²) in [7, 11) is 0. The second-order valence-electron chi connectivity index (χ2n) is 6.32. The molecule has 122 valence electrons. The van der Waals surface area contributed by atoms with Gasteiger partial charge in [0.2, 0.25) is 5.91 Å². The molecule has 0 saturated heterocycles. The number of H-pyrrole nitrogens is 1. The molecule has 4 rings (SSSR count). The van der Waals surface area contributed by atoms with Gasteiger partial charge in [0.1, 0.15) is 5.82 Å². The minimum absolute atomic E-state index is 0.0690. The molecule has 1 atom stereocenters. The number of pyridine rings is 1. The van der Waals surface area contributed by atoms with Crippen LogP contribution in [0.3, 0.4) is 0 Å². The SMILES string of the molecule is CCC(CC)C1C(=O)Nc2cc3[nH]c(-c4ccncc4)nc3cc21. The normalized spacial score (nSPS) is 16.6. The number of nitrogens with one attached hydrogen (secondary N) is 2. The molecule has 24 heavy (non-hydrogen) atoms. The van der Waals surface area contributed by atoms with Crippen LogP contribution < -0.4 is 5.32 Å². The quantitative estimate of drug-likeness (QED) is 0.760. The molecule has 3 aromatic rings. The van der Waals surface area contributed by atoms with Crippen molar-refractivity contribution >= 4 is 22.6 Å².